The van der Waals surface area contributed by atoms with E-state index in [4.69, 9.17) is 0 Å². The van der Waals surface area contributed by atoms with Crippen LogP contribution in [0.25, 0.3) is 11.2 Å². The van der Waals surface area contributed by atoms with Gasteiger partial charge in [-0.2, -0.15) is 0 Å². The molecule has 4 rings (SSSR count). The van der Waals surface area contributed by atoms with E-state index in [-0.39, 0.29) is 23.6 Å². The van der Waals surface area contributed by atoms with E-state index in [1.165, 1.54) is 27.4 Å². The lowest BCUT2D eigenvalue weighted by Gasteiger charge is -2.23. The molecule has 0 unspecified atom stereocenters. The highest BCUT2D eigenvalue weighted by Gasteiger charge is 2.20. The summed E-state index contributed by atoms with van der Waals surface area (Å²) >= 11 is 1.67. The van der Waals surface area contributed by atoms with Crippen LogP contribution in [0.4, 0.5) is 0 Å². The van der Waals surface area contributed by atoms with Gasteiger partial charge >= 0.3 is 5.69 Å². The third-order valence-electron chi connectivity index (χ3n) is 5.53. The molecule has 8 nitrogen and oxygen atoms in total. The highest BCUT2D eigenvalue weighted by molar-refractivity contribution is 7.11. The molecule has 1 amide bonds. The van der Waals surface area contributed by atoms with Crippen molar-refractivity contribution in [3.8, 4) is 0 Å². The van der Waals surface area contributed by atoms with Crippen LogP contribution in [0.15, 0.2) is 58.4 Å². The fourth-order valence-corrected chi connectivity index (χ4v) is 4.63. The lowest BCUT2D eigenvalue weighted by Crippen LogP contribution is -2.38. The van der Waals surface area contributed by atoms with Gasteiger partial charge in [0.25, 0.3) is 5.56 Å². The zero-order valence-electron chi connectivity index (χ0n) is 18.3. The molecular weight excluding hydrogens is 426 g/mol. The number of fused-ring (bicyclic) bond motifs is 1. The first-order valence-electron chi connectivity index (χ1n) is 10.3. The zero-order chi connectivity index (χ0) is 22.8. The maximum atomic E-state index is 13.3. The maximum absolute atomic E-state index is 13.3. The number of carbonyl (C=O) groups excluding carboxylic acids is 1. The van der Waals surface area contributed by atoms with Crippen molar-refractivity contribution in [1.29, 1.82) is 0 Å². The third kappa shape index (κ3) is 4.29. The molecule has 0 atom stereocenters. The number of carbonyl (C=O) groups is 1. The van der Waals surface area contributed by atoms with Crippen molar-refractivity contribution in [3.63, 3.8) is 0 Å². The van der Waals surface area contributed by atoms with Gasteiger partial charge in [0, 0.05) is 30.4 Å². The predicted octanol–water partition coefficient (Wildman–Crippen LogP) is 2.08. The number of benzene rings is 1. The lowest BCUT2D eigenvalue weighted by molar-refractivity contribution is -0.132. The molecule has 0 saturated heterocycles. The van der Waals surface area contributed by atoms with Crippen molar-refractivity contribution in [2.75, 3.05) is 6.54 Å². The van der Waals surface area contributed by atoms with Crippen LogP contribution in [0.1, 0.15) is 15.3 Å². The van der Waals surface area contributed by atoms with Gasteiger partial charge in [-0.05, 0) is 31.0 Å². The van der Waals surface area contributed by atoms with Crippen LogP contribution in [0.5, 0.6) is 0 Å². The standard InChI is InChI=1S/C23H25N5O3S/c1-16-9-10-18(32-16)13-27(12-11-17-7-5-4-6-8-17)19(29)14-28-15-24-21-20(28)22(30)26(3)23(31)25(21)2/h4-10,15H,11-14H2,1-3H3. The van der Waals surface area contributed by atoms with Gasteiger partial charge in [-0.15, -0.1) is 11.3 Å². The highest BCUT2D eigenvalue weighted by Crippen LogP contribution is 2.18. The molecule has 32 heavy (non-hydrogen) atoms. The van der Waals surface area contributed by atoms with Gasteiger partial charge in [-0.1, -0.05) is 30.3 Å². The van der Waals surface area contributed by atoms with Gasteiger partial charge in [-0.25, -0.2) is 9.78 Å². The molecule has 0 radical (unpaired) electrons. The fraction of sp³-hybridized carbons (Fsp3) is 0.304. The normalized spacial score (nSPS) is 11.2. The maximum Gasteiger partial charge on any atom is 0.332 e. The van der Waals surface area contributed by atoms with Crippen molar-refractivity contribution in [3.05, 3.63) is 84.9 Å². The van der Waals surface area contributed by atoms with Gasteiger partial charge in [0.05, 0.1) is 12.9 Å². The Bertz CT molecular complexity index is 1380. The molecule has 0 fully saturated rings. The second-order valence-electron chi connectivity index (χ2n) is 7.81. The second-order valence-corrected chi connectivity index (χ2v) is 9.19. The molecule has 4 aromatic rings. The van der Waals surface area contributed by atoms with Crippen LogP contribution in [0, 0.1) is 6.92 Å². The number of nitrogens with zero attached hydrogens (tertiary/aromatic N) is 5. The summed E-state index contributed by atoms with van der Waals surface area (Å²) in [6.45, 7) is 3.08. The number of hydrogen-bond donors (Lipinski definition) is 0. The highest BCUT2D eigenvalue weighted by atomic mass is 32.1. The summed E-state index contributed by atoms with van der Waals surface area (Å²) in [4.78, 5) is 46.6. The smallest absolute Gasteiger partial charge is 0.332 e. The Hall–Kier alpha value is -3.46. The summed E-state index contributed by atoms with van der Waals surface area (Å²) in [5, 5.41) is 0. The SMILES string of the molecule is Cc1ccc(CN(CCc2ccccc2)C(=O)Cn2cnc3c2c(=O)n(C)c(=O)n3C)s1. The van der Waals surface area contributed by atoms with Crippen molar-refractivity contribution in [2.45, 2.75) is 26.4 Å². The predicted molar refractivity (Wildman–Crippen MR) is 125 cm³/mol. The van der Waals surface area contributed by atoms with Crippen molar-refractivity contribution < 1.29 is 4.79 Å². The first kappa shape index (κ1) is 21.8. The Labute approximate surface area is 189 Å². The Morgan fingerprint density at radius 2 is 1.81 bits per heavy atom. The molecular formula is C23H25N5O3S. The Morgan fingerprint density at radius 3 is 2.50 bits per heavy atom. The number of thiophene rings is 1. The number of imidazole rings is 1. The Morgan fingerprint density at radius 1 is 1.06 bits per heavy atom. The first-order valence-corrected chi connectivity index (χ1v) is 11.1. The summed E-state index contributed by atoms with van der Waals surface area (Å²) in [7, 11) is 2.99. The molecule has 0 aliphatic rings. The molecule has 0 bridgehead atoms. The Balaban J connectivity index is 1.62. The summed E-state index contributed by atoms with van der Waals surface area (Å²) < 4.78 is 3.89. The molecule has 1 aromatic carbocycles. The van der Waals surface area contributed by atoms with Gasteiger partial charge < -0.3 is 9.47 Å². The van der Waals surface area contributed by atoms with Crippen LogP contribution in [-0.4, -0.2) is 36.0 Å². The zero-order valence-corrected chi connectivity index (χ0v) is 19.1. The van der Waals surface area contributed by atoms with E-state index in [1.54, 1.807) is 18.4 Å². The minimum atomic E-state index is -0.460. The van der Waals surface area contributed by atoms with Gasteiger partial charge in [0.2, 0.25) is 5.91 Å². The molecule has 0 N–H and O–H groups in total. The fourth-order valence-electron chi connectivity index (χ4n) is 3.72. The van der Waals surface area contributed by atoms with E-state index in [0.29, 0.717) is 13.1 Å². The molecule has 166 valence electrons. The average Bonchev–Trinajstić information content (AvgIpc) is 3.40. The summed E-state index contributed by atoms with van der Waals surface area (Å²) in [5.74, 6) is -0.109. The van der Waals surface area contributed by atoms with Crippen LogP contribution in [0.3, 0.4) is 0 Å². The molecule has 0 saturated carbocycles. The van der Waals surface area contributed by atoms with E-state index in [0.717, 1.165) is 21.4 Å². The van der Waals surface area contributed by atoms with Crippen molar-refractivity contribution in [1.82, 2.24) is 23.6 Å². The quantitative estimate of drug-likeness (QED) is 0.431. The molecule has 0 spiro atoms. The van der Waals surface area contributed by atoms with Crippen molar-refractivity contribution >= 4 is 28.4 Å². The van der Waals surface area contributed by atoms with Gasteiger partial charge in [0.1, 0.15) is 6.54 Å². The van der Waals surface area contributed by atoms with E-state index in [1.807, 2.05) is 54.3 Å². The van der Waals surface area contributed by atoms with E-state index in [9.17, 15) is 14.4 Å². The lowest BCUT2D eigenvalue weighted by atomic mass is 10.1. The molecule has 9 heteroatoms. The summed E-state index contributed by atoms with van der Waals surface area (Å²) in [6, 6.07) is 14.1. The molecule has 0 aliphatic carbocycles. The third-order valence-corrected chi connectivity index (χ3v) is 6.52. The van der Waals surface area contributed by atoms with Crippen LogP contribution < -0.4 is 11.2 Å². The number of hydrogen-bond acceptors (Lipinski definition) is 5. The van der Waals surface area contributed by atoms with Gasteiger partial charge in [-0.3, -0.25) is 18.7 Å². The minimum absolute atomic E-state index is 0.0247. The minimum Gasteiger partial charge on any atom is -0.336 e. The van der Waals surface area contributed by atoms with Gasteiger partial charge in [0.15, 0.2) is 11.2 Å². The Kier molecular flexibility index (Phi) is 6.09. The van der Waals surface area contributed by atoms with E-state index >= 15 is 0 Å². The summed E-state index contributed by atoms with van der Waals surface area (Å²) in [6.07, 6.45) is 2.19. The monoisotopic (exact) mass is 451 g/mol. The number of aromatic nitrogens is 4. The topological polar surface area (TPSA) is 82.1 Å². The molecule has 0 aliphatic heterocycles. The number of aryl methyl sites for hydroxylation is 2. The number of rotatable bonds is 7. The largest absolute Gasteiger partial charge is 0.336 e. The van der Waals surface area contributed by atoms with Crippen molar-refractivity contribution in [2.24, 2.45) is 14.1 Å². The van der Waals surface area contributed by atoms with Crippen LogP contribution in [-0.2, 0) is 38.4 Å². The molecule has 3 aromatic heterocycles. The van der Waals surface area contributed by atoms with E-state index < -0.39 is 11.2 Å². The van der Waals surface area contributed by atoms with E-state index in [2.05, 4.69) is 4.98 Å². The first-order chi connectivity index (χ1) is 15.3. The second kappa shape index (κ2) is 8.96. The summed E-state index contributed by atoms with van der Waals surface area (Å²) in [5.41, 5.74) is 0.771. The van der Waals surface area contributed by atoms with Crippen LogP contribution in [0.2, 0.25) is 0 Å². The molecule has 3 heterocycles. The average molecular weight is 452 g/mol. The van der Waals surface area contributed by atoms with Crippen LogP contribution >= 0.6 is 11.3 Å². The number of amides is 1.